The van der Waals surface area contributed by atoms with Gasteiger partial charge in [-0.1, -0.05) is 11.6 Å². The predicted octanol–water partition coefficient (Wildman–Crippen LogP) is 1.47. The molecule has 1 rings (SSSR count). The van der Waals surface area contributed by atoms with Gasteiger partial charge in [0.15, 0.2) is 0 Å². The van der Waals surface area contributed by atoms with Gasteiger partial charge in [-0.3, -0.25) is 0 Å². The molecule has 1 aliphatic carbocycles. The average Bonchev–Trinajstić information content (AvgIpc) is 2.06. The van der Waals surface area contributed by atoms with Crippen LogP contribution in [0.5, 0.6) is 0 Å². The maximum absolute atomic E-state index is 10.1. The maximum Gasteiger partial charge on any atom is 0.145 e. The van der Waals surface area contributed by atoms with E-state index in [0.717, 1.165) is 18.5 Å². The van der Waals surface area contributed by atoms with Crippen LogP contribution >= 0.6 is 0 Å². The third-order valence-corrected chi connectivity index (χ3v) is 2.41. The van der Waals surface area contributed by atoms with Gasteiger partial charge in [-0.2, -0.15) is 0 Å². The summed E-state index contributed by atoms with van der Waals surface area (Å²) < 4.78 is 0. The van der Waals surface area contributed by atoms with E-state index in [4.69, 9.17) is 0 Å². The zero-order chi connectivity index (χ0) is 11.5. The number of aliphatic hydroxyl groups is 1. The molecular formula is C12H22N2O. The molecule has 0 aromatic heterocycles. The summed E-state index contributed by atoms with van der Waals surface area (Å²) in [4.78, 5) is 1.97. The van der Waals surface area contributed by atoms with Crippen LogP contribution in [-0.2, 0) is 0 Å². The van der Waals surface area contributed by atoms with Gasteiger partial charge in [-0.25, -0.2) is 0 Å². The molecule has 86 valence electrons. The summed E-state index contributed by atoms with van der Waals surface area (Å²) >= 11 is 0. The second kappa shape index (κ2) is 4.81. The Balaban J connectivity index is 2.54. The first-order valence-electron chi connectivity index (χ1n) is 5.41. The van der Waals surface area contributed by atoms with E-state index >= 15 is 0 Å². The first-order chi connectivity index (χ1) is 6.89. The van der Waals surface area contributed by atoms with Crippen LogP contribution in [0.25, 0.3) is 0 Å². The molecule has 2 N–H and O–H groups in total. The molecule has 0 radical (unpaired) electrons. The molecule has 0 saturated carbocycles. The Hall–Kier alpha value is -0.800. The molecule has 1 unspecified atom stereocenters. The van der Waals surface area contributed by atoms with Gasteiger partial charge in [0.2, 0.25) is 0 Å². The van der Waals surface area contributed by atoms with E-state index < -0.39 is 5.72 Å². The van der Waals surface area contributed by atoms with Gasteiger partial charge in [-0.15, -0.1) is 0 Å². The number of rotatable bonds is 4. The van der Waals surface area contributed by atoms with Crippen molar-refractivity contribution in [1.82, 2.24) is 10.2 Å². The zero-order valence-corrected chi connectivity index (χ0v) is 10.2. The van der Waals surface area contributed by atoms with Gasteiger partial charge >= 0.3 is 0 Å². The largest absolute Gasteiger partial charge is 0.370 e. The van der Waals surface area contributed by atoms with Gasteiger partial charge < -0.3 is 15.3 Å². The van der Waals surface area contributed by atoms with Gasteiger partial charge in [0, 0.05) is 12.2 Å². The monoisotopic (exact) mass is 210 g/mol. The quantitative estimate of drug-likeness (QED) is 0.690. The molecule has 3 heteroatoms. The summed E-state index contributed by atoms with van der Waals surface area (Å²) in [5, 5.41) is 13.3. The second-order valence-corrected chi connectivity index (χ2v) is 4.84. The van der Waals surface area contributed by atoms with E-state index in [9.17, 15) is 5.11 Å². The molecule has 0 fully saturated rings. The van der Waals surface area contributed by atoms with Gasteiger partial charge in [-0.05, 0) is 46.9 Å². The van der Waals surface area contributed by atoms with E-state index in [1.165, 1.54) is 5.57 Å². The summed E-state index contributed by atoms with van der Waals surface area (Å²) in [7, 11) is 3.91. The maximum atomic E-state index is 10.1. The number of allylic oxidation sites excluding steroid dienone is 4. The SMILES string of the molecule is CC1=CC=C(NC(C)(O)CN(C)C)CC1. The number of nitrogens with one attached hydrogen (secondary N) is 1. The standard InChI is InChI=1S/C12H22N2O/c1-10-5-7-11(8-6-10)13-12(2,15)9-14(3)4/h5,7,13,15H,6,8-9H2,1-4H3. The topological polar surface area (TPSA) is 35.5 Å². The van der Waals surface area contributed by atoms with Crippen LogP contribution < -0.4 is 5.32 Å². The lowest BCUT2D eigenvalue weighted by molar-refractivity contribution is 0.00973. The fourth-order valence-electron chi connectivity index (χ4n) is 1.85. The van der Waals surface area contributed by atoms with Crippen LogP contribution in [0.2, 0.25) is 0 Å². The summed E-state index contributed by atoms with van der Waals surface area (Å²) in [6.45, 7) is 4.54. The number of hydrogen-bond donors (Lipinski definition) is 2. The van der Waals surface area contributed by atoms with Crippen molar-refractivity contribution in [3.63, 3.8) is 0 Å². The van der Waals surface area contributed by atoms with E-state index in [2.05, 4.69) is 24.4 Å². The lowest BCUT2D eigenvalue weighted by Gasteiger charge is -2.31. The highest BCUT2D eigenvalue weighted by molar-refractivity contribution is 5.22. The Morgan fingerprint density at radius 3 is 2.53 bits per heavy atom. The Morgan fingerprint density at radius 2 is 2.07 bits per heavy atom. The minimum absolute atomic E-state index is 0.604. The Kier molecular flexibility index (Phi) is 3.94. The minimum Gasteiger partial charge on any atom is -0.370 e. The van der Waals surface area contributed by atoms with Crippen LogP contribution in [0.15, 0.2) is 23.4 Å². The molecule has 0 aliphatic heterocycles. The molecule has 0 aromatic carbocycles. The second-order valence-electron chi connectivity index (χ2n) is 4.84. The highest BCUT2D eigenvalue weighted by atomic mass is 16.3. The fraction of sp³-hybridized carbons (Fsp3) is 0.667. The molecule has 0 amide bonds. The fourth-order valence-corrected chi connectivity index (χ4v) is 1.85. The molecule has 15 heavy (non-hydrogen) atoms. The molecular weight excluding hydrogens is 188 g/mol. The summed E-state index contributed by atoms with van der Waals surface area (Å²) in [5.41, 5.74) is 1.66. The van der Waals surface area contributed by atoms with Crippen molar-refractivity contribution in [1.29, 1.82) is 0 Å². The van der Waals surface area contributed by atoms with Gasteiger partial charge in [0.25, 0.3) is 0 Å². The summed E-state index contributed by atoms with van der Waals surface area (Å²) in [6, 6.07) is 0. The highest BCUT2D eigenvalue weighted by Crippen LogP contribution is 2.17. The molecule has 0 bridgehead atoms. The predicted molar refractivity (Wildman–Crippen MR) is 63.4 cm³/mol. The molecule has 0 spiro atoms. The van der Waals surface area contributed by atoms with Crippen molar-refractivity contribution in [2.24, 2.45) is 0 Å². The van der Waals surface area contributed by atoms with Crippen molar-refractivity contribution in [2.75, 3.05) is 20.6 Å². The van der Waals surface area contributed by atoms with E-state index in [1.807, 2.05) is 19.0 Å². The first-order valence-corrected chi connectivity index (χ1v) is 5.41. The Morgan fingerprint density at radius 1 is 1.40 bits per heavy atom. The number of hydrogen-bond acceptors (Lipinski definition) is 3. The van der Waals surface area contributed by atoms with E-state index in [-0.39, 0.29) is 0 Å². The lowest BCUT2D eigenvalue weighted by Crippen LogP contribution is -2.49. The first kappa shape index (κ1) is 12.3. The van der Waals surface area contributed by atoms with Crippen molar-refractivity contribution in [3.8, 4) is 0 Å². The van der Waals surface area contributed by atoms with Crippen molar-refractivity contribution in [2.45, 2.75) is 32.4 Å². The summed E-state index contributed by atoms with van der Waals surface area (Å²) in [6.07, 6.45) is 6.24. The molecule has 1 aliphatic rings. The van der Waals surface area contributed by atoms with E-state index in [1.54, 1.807) is 6.92 Å². The minimum atomic E-state index is -0.853. The van der Waals surface area contributed by atoms with Gasteiger partial charge in [0.05, 0.1) is 0 Å². The molecule has 0 saturated heterocycles. The third-order valence-electron chi connectivity index (χ3n) is 2.41. The normalized spacial score (nSPS) is 20.7. The van der Waals surface area contributed by atoms with Crippen LogP contribution in [0.1, 0.15) is 26.7 Å². The van der Waals surface area contributed by atoms with Gasteiger partial charge in [0.1, 0.15) is 5.72 Å². The van der Waals surface area contributed by atoms with Crippen LogP contribution in [0, 0.1) is 0 Å². The zero-order valence-electron chi connectivity index (χ0n) is 10.2. The highest BCUT2D eigenvalue weighted by Gasteiger charge is 2.21. The van der Waals surface area contributed by atoms with E-state index in [0.29, 0.717) is 6.54 Å². The van der Waals surface area contributed by atoms with Crippen LogP contribution in [-0.4, -0.2) is 36.4 Å². The summed E-state index contributed by atoms with van der Waals surface area (Å²) in [5.74, 6) is 0. The molecule has 3 nitrogen and oxygen atoms in total. The van der Waals surface area contributed by atoms with Crippen LogP contribution in [0.3, 0.4) is 0 Å². The molecule has 0 aromatic rings. The Labute approximate surface area is 92.5 Å². The van der Waals surface area contributed by atoms with Crippen molar-refractivity contribution < 1.29 is 5.11 Å². The average molecular weight is 210 g/mol. The molecule has 0 heterocycles. The van der Waals surface area contributed by atoms with Crippen LogP contribution in [0.4, 0.5) is 0 Å². The number of nitrogens with zero attached hydrogens (tertiary/aromatic N) is 1. The lowest BCUT2D eigenvalue weighted by atomic mass is 10.0. The number of likely N-dealkylation sites (N-methyl/N-ethyl adjacent to an activating group) is 1. The molecule has 1 atom stereocenters. The Bertz CT molecular complexity index is 277. The van der Waals surface area contributed by atoms with Crippen molar-refractivity contribution >= 4 is 0 Å². The smallest absolute Gasteiger partial charge is 0.145 e. The van der Waals surface area contributed by atoms with Crippen molar-refractivity contribution in [3.05, 3.63) is 23.4 Å². The third kappa shape index (κ3) is 4.49.